The molecule has 0 heterocycles. The molecule has 104 valence electrons. The van der Waals surface area contributed by atoms with Gasteiger partial charge >= 0.3 is 5.97 Å². The van der Waals surface area contributed by atoms with Gasteiger partial charge in [0.2, 0.25) is 0 Å². The molecule has 7 heteroatoms. The van der Waals surface area contributed by atoms with Gasteiger partial charge in [-0.15, -0.1) is 11.6 Å². The average molecular weight is 287 g/mol. The summed E-state index contributed by atoms with van der Waals surface area (Å²) < 4.78 is 14.9. The maximum absolute atomic E-state index is 11.7. The van der Waals surface area contributed by atoms with Crippen molar-refractivity contribution in [3.8, 4) is 11.5 Å². The molecule has 0 radical (unpaired) electrons. The minimum atomic E-state index is -0.554. The number of esters is 1. The van der Waals surface area contributed by atoms with Gasteiger partial charge < -0.3 is 19.9 Å². The summed E-state index contributed by atoms with van der Waals surface area (Å²) >= 11 is 5.57. The van der Waals surface area contributed by atoms with E-state index in [1.807, 2.05) is 0 Å². The highest BCUT2D eigenvalue weighted by molar-refractivity contribution is 6.28. The fourth-order valence-electron chi connectivity index (χ4n) is 1.42. The van der Waals surface area contributed by atoms with E-state index in [1.54, 1.807) is 0 Å². The highest BCUT2D eigenvalue weighted by Gasteiger charge is 2.17. The van der Waals surface area contributed by atoms with Gasteiger partial charge in [-0.25, -0.2) is 9.79 Å². The van der Waals surface area contributed by atoms with Gasteiger partial charge in [0.15, 0.2) is 11.5 Å². The van der Waals surface area contributed by atoms with E-state index < -0.39 is 5.97 Å². The van der Waals surface area contributed by atoms with Gasteiger partial charge in [-0.05, 0) is 0 Å². The first-order chi connectivity index (χ1) is 9.07. The van der Waals surface area contributed by atoms with Crippen LogP contribution in [0.5, 0.6) is 11.5 Å². The van der Waals surface area contributed by atoms with E-state index in [-0.39, 0.29) is 17.3 Å². The third kappa shape index (κ3) is 3.51. The van der Waals surface area contributed by atoms with Gasteiger partial charge in [0.05, 0.1) is 38.5 Å². The van der Waals surface area contributed by atoms with Crippen LogP contribution >= 0.6 is 11.6 Å². The predicted octanol–water partition coefficient (Wildman–Crippen LogP) is 1.72. The van der Waals surface area contributed by atoms with Crippen LogP contribution in [0.4, 0.5) is 5.69 Å². The summed E-state index contributed by atoms with van der Waals surface area (Å²) in [5, 5.41) is 0. The number of halogens is 1. The molecule has 2 N–H and O–H groups in total. The quantitative estimate of drug-likeness (QED) is 0.386. The van der Waals surface area contributed by atoms with Gasteiger partial charge in [-0.2, -0.15) is 0 Å². The Morgan fingerprint density at radius 3 is 2.32 bits per heavy atom. The monoisotopic (exact) mass is 286 g/mol. The fourth-order valence-corrected chi connectivity index (χ4v) is 1.48. The van der Waals surface area contributed by atoms with Crippen molar-refractivity contribution >= 4 is 29.1 Å². The van der Waals surface area contributed by atoms with E-state index in [4.69, 9.17) is 26.8 Å². The van der Waals surface area contributed by atoms with E-state index >= 15 is 0 Å². The lowest BCUT2D eigenvalue weighted by atomic mass is 10.1. The van der Waals surface area contributed by atoms with Crippen molar-refractivity contribution < 1.29 is 19.0 Å². The molecule has 19 heavy (non-hydrogen) atoms. The minimum absolute atomic E-state index is 0.0506. The normalized spacial score (nSPS) is 11.1. The molecule has 6 nitrogen and oxygen atoms in total. The number of rotatable bonds is 5. The molecule has 0 spiro atoms. The molecule has 1 rings (SSSR count). The Hall–Kier alpha value is -1.95. The van der Waals surface area contributed by atoms with Crippen molar-refractivity contribution in [3.63, 3.8) is 0 Å². The maximum Gasteiger partial charge on any atom is 0.340 e. The van der Waals surface area contributed by atoms with Crippen molar-refractivity contribution in [2.45, 2.75) is 0 Å². The number of nitrogens with zero attached hydrogens (tertiary/aromatic N) is 1. The number of hydrogen-bond acceptors (Lipinski definition) is 5. The SMILES string of the molecule is COC(=O)c1cc(OC)c(OC)cc1N=C(N)CCl. The number of carbonyl (C=O) groups is 1. The molecular weight excluding hydrogens is 272 g/mol. The zero-order valence-electron chi connectivity index (χ0n) is 10.9. The molecule has 0 fully saturated rings. The van der Waals surface area contributed by atoms with Crippen LogP contribution in [0.15, 0.2) is 17.1 Å². The smallest absolute Gasteiger partial charge is 0.340 e. The second-order valence-electron chi connectivity index (χ2n) is 3.45. The van der Waals surface area contributed by atoms with Crippen molar-refractivity contribution in [2.24, 2.45) is 10.7 Å². The highest BCUT2D eigenvalue weighted by Crippen LogP contribution is 2.35. The minimum Gasteiger partial charge on any atom is -0.493 e. The van der Waals surface area contributed by atoms with Crippen molar-refractivity contribution in [3.05, 3.63) is 17.7 Å². The summed E-state index contributed by atoms with van der Waals surface area (Å²) in [7, 11) is 4.22. The summed E-state index contributed by atoms with van der Waals surface area (Å²) in [4.78, 5) is 15.8. The van der Waals surface area contributed by atoms with Crippen LogP contribution in [0.25, 0.3) is 0 Å². The fraction of sp³-hybridized carbons (Fsp3) is 0.333. The van der Waals surface area contributed by atoms with Crippen LogP contribution in [0.1, 0.15) is 10.4 Å². The van der Waals surface area contributed by atoms with Gasteiger partial charge in [-0.3, -0.25) is 0 Å². The van der Waals surface area contributed by atoms with E-state index in [9.17, 15) is 4.79 Å². The van der Waals surface area contributed by atoms with Crippen molar-refractivity contribution in [1.29, 1.82) is 0 Å². The standard InChI is InChI=1S/C12H15ClN2O4/c1-17-9-4-7(12(16)19-3)8(5-10(9)18-2)15-11(14)6-13/h4-5H,6H2,1-3H3,(H2,14,15). The number of amidine groups is 1. The first kappa shape index (κ1) is 15.1. The van der Waals surface area contributed by atoms with Crippen LogP contribution in [-0.2, 0) is 4.74 Å². The first-order valence-electron chi connectivity index (χ1n) is 5.30. The van der Waals surface area contributed by atoms with E-state index in [0.717, 1.165) is 0 Å². The summed E-state index contributed by atoms with van der Waals surface area (Å²) in [6, 6.07) is 3.01. The highest BCUT2D eigenvalue weighted by atomic mass is 35.5. The number of aliphatic imine (C=N–C) groups is 1. The number of alkyl halides is 1. The van der Waals surface area contributed by atoms with Crippen LogP contribution < -0.4 is 15.2 Å². The molecule has 1 aromatic carbocycles. The number of carbonyl (C=O) groups excluding carboxylic acids is 1. The molecule has 0 saturated carbocycles. The van der Waals surface area contributed by atoms with Crippen LogP contribution in [-0.4, -0.2) is 39.0 Å². The molecule has 0 amide bonds. The molecule has 0 saturated heterocycles. The van der Waals surface area contributed by atoms with Gasteiger partial charge in [-0.1, -0.05) is 0 Å². The van der Waals surface area contributed by atoms with E-state index in [2.05, 4.69) is 9.73 Å². The predicted molar refractivity (Wildman–Crippen MR) is 72.9 cm³/mol. The number of nitrogens with two attached hydrogens (primary N) is 1. The Kier molecular flexibility index (Phi) is 5.44. The Balaban J connectivity index is 3.44. The maximum atomic E-state index is 11.7. The van der Waals surface area contributed by atoms with Crippen LogP contribution in [0.2, 0.25) is 0 Å². The topological polar surface area (TPSA) is 83.1 Å². The van der Waals surface area contributed by atoms with Crippen LogP contribution in [0, 0.1) is 0 Å². The lowest BCUT2D eigenvalue weighted by Crippen LogP contribution is -2.13. The van der Waals surface area contributed by atoms with E-state index in [1.165, 1.54) is 33.5 Å². The number of benzene rings is 1. The van der Waals surface area contributed by atoms with Crippen LogP contribution in [0.3, 0.4) is 0 Å². The molecule has 0 aliphatic carbocycles. The molecule has 1 aromatic rings. The molecule has 0 bridgehead atoms. The summed E-state index contributed by atoms with van der Waals surface area (Å²) in [5.74, 6) is 0.498. The molecule has 0 atom stereocenters. The number of hydrogen-bond donors (Lipinski definition) is 1. The number of ether oxygens (including phenoxy) is 3. The molecule has 0 aromatic heterocycles. The van der Waals surface area contributed by atoms with Gasteiger partial charge in [0.25, 0.3) is 0 Å². The Morgan fingerprint density at radius 1 is 1.26 bits per heavy atom. The molecule has 0 aliphatic rings. The van der Waals surface area contributed by atoms with E-state index in [0.29, 0.717) is 17.2 Å². The Bertz CT molecular complexity index is 503. The molecular formula is C12H15ClN2O4. The largest absolute Gasteiger partial charge is 0.493 e. The second kappa shape index (κ2) is 6.84. The Labute approximate surface area is 116 Å². The average Bonchev–Trinajstić information content (AvgIpc) is 2.45. The molecule has 0 unspecified atom stereocenters. The first-order valence-corrected chi connectivity index (χ1v) is 5.84. The lowest BCUT2D eigenvalue weighted by Gasteiger charge is -2.11. The van der Waals surface area contributed by atoms with Gasteiger partial charge in [0, 0.05) is 12.1 Å². The van der Waals surface area contributed by atoms with Crippen molar-refractivity contribution in [2.75, 3.05) is 27.2 Å². The Morgan fingerprint density at radius 2 is 1.84 bits per heavy atom. The van der Waals surface area contributed by atoms with Crippen molar-refractivity contribution in [1.82, 2.24) is 0 Å². The molecule has 0 aliphatic heterocycles. The third-order valence-electron chi connectivity index (χ3n) is 2.31. The summed E-state index contributed by atoms with van der Waals surface area (Å²) in [6.45, 7) is 0. The van der Waals surface area contributed by atoms with Gasteiger partial charge in [0.1, 0.15) is 5.84 Å². The number of methoxy groups -OCH3 is 3. The lowest BCUT2D eigenvalue weighted by molar-refractivity contribution is 0.0601. The second-order valence-corrected chi connectivity index (χ2v) is 3.72. The third-order valence-corrected chi connectivity index (χ3v) is 2.58. The summed E-state index contributed by atoms with van der Waals surface area (Å²) in [5.41, 5.74) is 6.10. The summed E-state index contributed by atoms with van der Waals surface area (Å²) in [6.07, 6.45) is 0. The zero-order valence-corrected chi connectivity index (χ0v) is 11.7. The zero-order chi connectivity index (χ0) is 14.4.